The van der Waals surface area contributed by atoms with Gasteiger partial charge in [0.25, 0.3) is 0 Å². The summed E-state index contributed by atoms with van der Waals surface area (Å²) in [5, 5.41) is 10.5. The number of aryl methyl sites for hydroxylation is 1. The van der Waals surface area contributed by atoms with Crippen LogP contribution in [0.1, 0.15) is 69.4 Å². The van der Waals surface area contributed by atoms with E-state index in [1.165, 1.54) is 0 Å². The Morgan fingerprint density at radius 3 is 2.45 bits per heavy atom. The van der Waals surface area contributed by atoms with Crippen LogP contribution in [0.5, 0.6) is 17.2 Å². The highest BCUT2D eigenvalue weighted by Gasteiger charge is 2.47. The van der Waals surface area contributed by atoms with Gasteiger partial charge in [-0.15, -0.1) is 0 Å². The summed E-state index contributed by atoms with van der Waals surface area (Å²) in [6, 6.07) is 13.4. The van der Waals surface area contributed by atoms with Crippen LogP contribution in [0.3, 0.4) is 0 Å². The molecule has 1 amide bonds. The van der Waals surface area contributed by atoms with Gasteiger partial charge in [0.1, 0.15) is 5.75 Å². The number of benzene rings is 2. The van der Waals surface area contributed by atoms with Gasteiger partial charge in [0.05, 0.1) is 19.6 Å². The van der Waals surface area contributed by atoms with Crippen LogP contribution < -0.4 is 14.2 Å². The highest BCUT2D eigenvalue weighted by molar-refractivity contribution is 5.79. The fourth-order valence-electron chi connectivity index (χ4n) is 6.08. The minimum absolute atomic E-state index is 0.0899. The lowest BCUT2D eigenvalue weighted by molar-refractivity contribution is -0.143. The second-order valence-corrected chi connectivity index (χ2v) is 10.9. The van der Waals surface area contributed by atoms with Crippen molar-refractivity contribution in [2.45, 2.75) is 70.8 Å². The molecular weight excluding hydrogens is 508 g/mol. The standard InChI is InChI=1S/C32H44N2O6/c1-4-6-17-33(18-7-5-2)30(35)21-34-20-25(24-15-16-28-29(19-24)40-22-39-28)31(32(36)37)26(34)13-10-12-23-11-8-9-14-27(23)38-3/h8-9,11,14-16,19,25-26,31H,4-7,10,12-13,17-18,20-22H2,1-3H3,(H,36,37)/t25-,26+,31?/m1/s1. The summed E-state index contributed by atoms with van der Waals surface area (Å²) in [7, 11) is 1.67. The number of carbonyl (C=O) groups excluding carboxylic acids is 1. The normalized spacial score (nSPS) is 20.0. The monoisotopic (exact) mass is 552 g/mol. The number of nitrogens with zero attached hydrogens (tertiary/aromatic N) is 2. The minimum atomic E-state index is -0.825. The summed E-state index contributed by atoms with van der Waals surface area (Å²) >= 11 is 0. The summed E-state index contributed by atoms with van der Waals surface area (Å²) in [6.07, 6.45) is 6.24. The molecule has 1 unspecified atom stereocenters. The highest BCUT2D eigenvalue weighted by atomic mass is 16.7. The Morgan fingerprint density at radius 1 is 1.02 bits per heavy atom. The summed E-state index contributed by atoms with van der Waals surface area (Å²) in [4.78, 5) is 30.5. The molecule has 2 aromatic carbocycles. The molecule has 8 nitrogen and oxygen atoms in total. The fourth-order valence-corrected chi connectivity index (χ4v) is 6.08. The number of fused-ring (bicyclic) bond motifs is 1. The number of hydrogen-bond acceptors (Lipinski definition) is 6. The Labute approximate surface area is 238 Å². The van der Waals surface area contributed by atoms with Gasteiger partial charge in [0.2, 0.25) is 12.7 Å². The van der Waals surface area contributed by atoms with Crippen LogP contribution >= 0.6 is 0 Å². The summed E-state index contributed by atoms with van der Waals surface area (Å²) < 4.78 is 16.6. The van der Waals surface area contributed by atoms with Crippen molar-refractivity contribution in [3.63, 3.8) is 0 Å². The van der Waals surface area contributed by atoms with E-state index in [9.17, 15) is 14.7 Å². The van der Waals surface area contributed by atoms with Crippen molar-refractivity contribution in [3.05, 3.63) is 53.6 Å². The largest absolute Gasteiger partial charge is 0.496 e. The lowest BCUT2D eigenvalue weighted by Gasteiger charge is -2.30. The Hall–Kier alpha value is -3.26. The van der Waals surface area contributed by atoms with Gasteiger partial charge in [-0.1, -0.05) is 51.0 Å². The topological polar surface area (TPSA) is 88.5 Å². The number of aliphatic carboxylic acids is 1. The van der Waals surface area contributed by atoms with Gasteiger partial charge in [0, 0.05) is 31.6 Å². The summed E-state index contributed by atoms with van der Waals surface area (Å²) in [5.41, 5.74) is 2.02. The summed E-state index contributed by atoms with van der Waals surface area (Å²) in [5.74, 6) is 0.546. The smallest absolute Gasteiger partial charge is 0.308 e. The van der Waals surface area contributed by atoms with Gasteiger partial charge < -0.3 is 24.2 Å². The first kappa shape index (κ1) is 29.7. The Kier molecular flexibility index (Phi) is 10.7. The molecule has 0 aliphatic carbocycles. The van der Waals surface area contributed by atoms with E-state index in [1.807, 2.05) is 41.3 Å². The molecule has 4 rings (SSSR count). The first-order chi connectivity index (χ1) is 19.5. The molecule has 2 aliphatic rings. The van der Waals surface area contributed by atoms with Crippen molar-refractivity contribution >= 4 is 11.9 Å². The fraction of sp³-hybridized carbons (Fsp3) is 0.562. The third-order valence-corrected chi connectivity index (χ3v) is 8.25. The quantitative estimate of drug-likeness (QED) is 0.319. The van der Waals surface area contributed by atoms with Crippen molar-refractivity contribution in [2.24, 2.45) is 5.92 Å². The molecule has 0 spiro atoms. The third kappa shape index (κ3) is 7.08. The molecule has 1 N–H and O–H groups in total. The molecule has 0 aromatic heterocycles. The number of amides is 1. The van der Waals surface area contributed by atoms with Crippen molar-refractivity contribution in [2.75, 3.05) is 40.1 Å². The number of carboxylic acids is 1. The number of rotatable bonds is 15. The Balaban J connectivity index is 1.57. The van der Waals surface area contributed by atoms with E-state index in [4.69, 9.17) is 14.2 Å². The number of likely N-dealkylation sites (tertiary alicyclic amines) is 1. The number of para-hydroxylation sites is 1. The second-order valence-electron chi connectivity index (χ2n) is 10.9. The molecule has 1 saturated heterocycles. The average molecular weight is 553 g/mol. The van der Waals surface area contributed by atoms with Gasteiger partial charge >= 0.3 is 5.97 Å². The van der Waals surface area contributed by atoms with E-state index in [-0.39, 0.29) is 31.2 Å². The number of ether oxygens (including phenoxy) is 3. The molecule has 218 valence electrons. The zero-order valence-electron chi connectivity index (χ0n) is 24.1. The first-order valence-corrected chi connectivity index (χ1v) is 14.7. The molecule has 1 fully saturated rings. The molecule has 3 atom stereocenters. The van der Waals surface area contributed by atoms with Crippen LogP contribution in [0, 0.1) is 5.92 Å². The number of carbonyl (C=O) groups is 2. The Bertz CT molecular complexity index is 1130. The van der Waals surface area contributed by atoms with Gasteiger partial charge in [-0.25, -0.2) is 0 Å². The van der Waals surface area contributed by atoms with Crippen LogP contribution in [0.2, 0.25) is 0 Å². The predicted octanol–water partition coefficient (Wildman–Crippen LogP) is 5.34. The van der Waals surface area contributed by atoms with Crippen LogP contribution in [-0.2, 0) is 16.0 Å². The molecular formula is C32H44N2O6. The maximum absolute atomic E-state index is 13.6. The molecule has 8 heteroatoms. The van der Waals surface area contributed by atoms with Crippen LogP contribution in [0.4, 0.5) is 0 Å². The molecule has 2 aromatic rings. The van der Waals surface area contributed by atoms with E-state index in [2.05, 4.69) is 24.8 Å². The minimum Gasteiger partial charge on any atom is -0.496 e. The van der Waals surface area contributed by atoms with Crippen molar-refractivity contribution in [1.82, 2.24) is 9.80 Å². The van der Waals surface area contributed by atoms with Crippen molar-refractivity contribution in [1.29, 1.82) is 0 Å². The SMILES string of the molecule is CCCCN(CCCC)C(=O)CN1C[C@H](c2ccc3c(c2)OCO3)C(C(=O)O)[C@@H]1CCCc1ccccc1OC. The van der Waals surface area contributed by atoms with E-state index in [0.29, 0.717) is 24.5 Å². The van der Waals surface area contributed by atoms with E-state index < -0.39 is 11.9 Å². The van der Waals surface area contributed by atoms with Crippen molar-refractivity contribution < 1.29 is 28.9 Å². The molecule has 2 aliphatic heterocycles. The molecule has 0 bridgehead atoms. The zero-order chi connectivity index (χ0) is 28.5. The van der Waals surface area contributed by atoms with Gasteiger partial charge in [-0.3, -0.25) is 14.5 Å². The maximum Gasteiger partial charge on any atom is 0.308 e. The third-order valence-electron chi connectivity index (χ3n) is 8.25. The maximum atomic E-state index is 13.6. The van der Waals surface area contributed by atoms with Crippen LogP contribution in [0.15, 0.2) is 42.5 Å². The number of unbranched alkanes of at least 4 members (excludes halogenated alkanes) is 2. The molecule has 2 heterocycles. The molecule has 0 radical (unpaired) electrons. The lowest BCUT2D eigenvalue weighted by atomic mass is 9.83. The van der Waals surface area contributed by atoms with Crippen LogP contribution in [0.25, 0.3) is 0 Å². The average Bonchev–Trinajstić information content (AvgIpc) is 3.57. The van der Waals surface area contributed by atoms with Gasteiger partial charge in [-0.2, -0.15) is 0 Å². The molecule has 0 saturated carbocycles. The van der Waals surface area contributed by atoms with E-state index in [0.717, 1.165) is 68.5 Å². The number of carboxylic acid groups (broad SMARTS) is 1. The summed E-state index contributed by atoms with van der Waals surface area (Å²) in [6.45, 7) is 6.67. The zero-order valence-corrected chi connectivity index (χ0v) is 24.1. The van der Waals surface area contributed by atoms with Gasteiger partial charge in [0.15, 0.2) is 11.5 Å². The predicted molar refractivity (Wildman–Crippen MR) is 154 cm³/mol. The van der Waals surface area contributed by atoms with Crippen molar-refractivity contribution in [3.8, 4) is 17.2 Å². The second kappa shape index (κ2) is 14.4. The Morgan fingerprint density at radius 2 is 1.75 bits per heavy atom. The van der Waals surface area contributed by atoms with Crippen LogP contribution in [-0.4, -0.2) is 72.9 Å². The highest BCUT2D eigenvalue weighted by Crippen LogP contribution is 2.43. The molecule has 40 heavy (non-hydrogen) atoms. The first-order valence-electron chi connectivity index (χ1n) is 14.7. The van der Waals surface area contributed by atoms with E-state index >= 15 is 0 Å². The number of hydrogen-bond donors (Lipinski definition) is 1. The number of methoxy groups -OCH3 is 1. The van der Waals surface area contributed by atoms with Gasteiger partial charge in [-0.05, 0) is 61.4 Å². The van der Waals surface area contributed by atoms with E-state index in [1.54, 1.807) is 7.11 Å². The lowest BCUT2D eigenvalue weighted by Crippen LogP contribution is -2.44.